The van der Waals surface area contributed by atoms with E-state index in [1.807, 2.05) is 68.4 Å². The van der Waals surface area contributed by atoms with Crippen LogP contribution in [0.5, 0.6) is 0 Å². The van der Waals surface area contributed by atoms with Gasteiger partial charge in [-0.3, -0.25) is 9.59 Å². The van der Waals surface area contributed by atoms with Crippen LogP contribution < -0.4 is 10.6 Å². The van der Waals surface area contributed by atoms with Gasteiger partial charge in [-0.15, -0.1) is 0 Å². The number of para-hydroxylation sites is 1. The number of nitrogens with one attached hydrogen (secondary N) is 2. The monoisotopic (exact) mass is 512 g/mol. The quantitative estimate of drug-likeness (QED) is 0.258. The number of benzene rings is 3. The Morgan fingerprint density at radius 1 is 0.921 bits per heavy atom. The fourth-order valence-corrected chi connectivity index (χ4v) is 5.19. The van der Waals surface area contributed by atoms with E-state index in [-0.39, 0.29) is 18.7 Å². The Bertz CT molecular complexity index is 1430. The number of amides is 1. The van der Waals surface area contributed by atoms with Crippen molar-refractivity contribution in [2.24, 2.45) is 0 Å². The molecule has 1 aliphatic rings. The van der Waals surface area contributed by atoms with Gasteiger partial charge in [0.1, 0.15) is 16.9 Å². The summed E-state index contributed by atoms with van der Waals surface area (Å²) in [6, 6.07) is 21.5. The summed E-state index contributed by atoms with van der Waals surface area (Å²) >= 11 is 0. The minimum absolute atomic E-state index is 0.0628. The van der Waals surface area contributed by atoms with Crippen LogP contribution in [0, 0.1) is 13.8 Å². The van der Waals surface area contributed by atoms with Crippen molar-refractivity contribution in [3.8, 4) is 0 Å². The van der Waals surface area contributed by atoms with Crippen LogP contribution in [0.15, 0.2) is 71.1 Å². The smallest absolute Gasteiger partial charge is 0.303 e. The zero-order valence-corrected chi connectivity index (χ0v) is 21.7. The molecule has 1 aliphatic heterocycles. The van der Waals surface area contributed by atoms with Crippen molar-refractivity contribution in [3.63, 3.8) is 0 Å². The van der Waals surface area contributed by atoms with Crippen molar-refractivity contribution in [1.29, 1.82) is 0 Å². The van der Waals surface area contributed by atoms with Crippen molar-refractivity contribution < 1.29 is 23.8 Å². The number of carboxylic acids is 1. The Hall–Kier alpha value is -4.10. The maximum absolute atomic E-state index is 13.9. The standard InChI is InChI=1S/C31H32N2O5/c1-20-15-21(2)17-25(16-20)32-24-9-7-22(8-10-29(34)35)26(19-24)30(36)33-31(11-13-37-14-12-31)28-18-23-5-3-4-6-27(23)38-28/h3-7,9,15-19,32H,8,10-14H2,1-2H3,(H,33,36)(H,34,35). The number of hydrogen-bond donors (Lipinski definition) is 3. The summed E-state index contributed by atoms with van der Waals surface area (Å²) in [6.45, 7) is 5.07. The van der Waals surface area contributed by atoms with E-state index < -0.39 is 11.5 Å². The van der Waals surface area contributed by atoms with E-state index in [4.69, 9.17) is 9.15 Å². The van der Waals surface area contributed by atoms with Gasteiger partial charge in [0.05, 0.1) is 0 Å². The van der Waals surface area contributed by atoms with Crippen LogP contribution >= 0.6 is 0 Å². The van der Waals surface area contributed by atoms with Crippen LogP contribution in [0.25, 0.3) is 11.0 Å². The first-order valence-corrected chi connectivity index (χ1v) is 12.9. The zero-order valence-electron chi connectivity index (χ0n) is 21.7. The molecule has 3 aromatic carbocycles. The second-order valence-electron chi connectivity index (χ2n) is 10.1. The van der Waals surface area contributed by atoms with E-state index in [0.29, 0.717) is 42.9 Å². The molecule has 1 aromatic heterocycles. The molecule has 1 amide bonds. The molecule has 196 valence electrons. The largest absolute Gasteiger partial charge is 0.481 e. The molecule has 4 aromatic rings. The molecule has 7 heteroatoms. The molecular formula is C31H32N2O5. The van der Waals surface area contributed by atoms with E-state index >= 15 is 0 Å². The van der Waals surface area contributed by atoms with Crippen LogP contribution in [0.1, 0.15) is 52.1 Å². The number of carbonyl (C=O) groups is 2. The third kappa shape index (κ3) is 5.58. The Labute approximate surface area is 221 Å². The molecule has 7 nitrogen and oxygen atoms in total. The van der Waals surface area contributed by atoms with Crippen LogP contribution in [-0.2, 0) is 21.5 Å². The highest BCUT2D eigenvalue weighted by molar-refractivity contribution is 5.97. The fourth-order valence-electron chi connectivity index (χ4n) is 5.19. The first-order valence-electron chi connectivity index (χ1n) is 12.9. The van der Waals surface area contributed by atoms with Gasteiger partial charge >= 0.3 is 5.97 Å². The Morgan fingerprint density at radius 3 is 2.37 bits per heavy atom. The second-order valence-corrected chi connectivity index (χ2v) is 10.1. The Balaban J connectivity index is 1.49. The molecule has 2 heterocycles. The SMILES string of the molecule is Cc1cc(C)cc(Nc2ccc(CCC(=O)O)c(C(=O)NC3(c4cc5ccccc5o4)CCOCC3)c2)c1. The maximum Gasteiger partial charge on any atom is 0.303 e. The molecule has 38 heavy (non-hydrogen) atoms. The highest BCUT2D eigenvalue weighted by atomic mass is 16.5. The van der Waals surface area contributed by atoms with E-state index in [1.54, 1.807) is 6.07 Å². The average Bonchev–Trinajstić information content (AvgIpc) is 3.33. The van der Waals surface area contributed by atoms with Gasteiger partial charge in [0.15, 0.2) is 0 Å². The molecule has 3 N–H and O–H groups in total. The van der Waals surface area contributed by atoms with Gasteiger partial charge in [-0.05, 0) is 73.4 Å². The summed E-state index contributed by atoms with van der Waals surface area (Å²) in [5.41, 5.74) is 5.12. The lowest BCUT2D eigenvalue weighted by atomic mass is 9.86. The predicted octanol–water partition coefficient (Wildman–Crippen LogP) is 6.25. The number of aryl methyl sites for hydroxylation is 3. The number of carbonyl (C=O) groups excluding carboxylic acids is 1. The first kappa shape index (κ1) is 25.5. The van der Waals surface area contributed by atoms with Crippen LogP contribution in [-0.4, -0.2) is 30.2 Å². The van der Waals surface area contributed by atoms with E-state index in [1.165, 1.54) is 0 Å². The van der Waals surface area contributed by atoms with Crippen LogP contribution in [0.4, 0.5) is 11.4 Å². The highest BCUT2D eigenvalue weighted by Gasteiger charge is 2.39. The molecule has 0 unspecified atom stereocenters. The molecule has 0 radical (unpaired) electrons. The lowest BCUT2D eigenvalue weighted by Gasteiger charge is -2.36. The zero-order chi connectivity index (χ0) is 26.7. The minimum atomic E-state index is -0.906. The van der Waals surface area contributed by atoms with E-state index in [0.717, 1.165) is 33.5 Å². The van der Waals surface area contributed by atoms with Crippen molar-refractivity contribution >= 4 is 34.2 Å². The minimum Gasteiger partial charge on any atom is -0.481 e. The van der Waals surface area contributed by atoms with Crippen LogP contribution in [0.2, 0.25) is 0 Å². The third-order valence-electron chi connectivity index (χ3n) is 7.07. The van der Waals surface area contributed by atoms with Gasteiger partial charge in [-0.1, -0.05) is 30.3 Å². The number of hydrogen-bond acceptors (Lipinski definition) is 5. The fraction of sp³-hybridized carbons (Fsp3) is 0.290. The van der Waals surface area contributed by atoms with Gasteiger partial charge in [-0.2, -0.15) is 0 Å². The Morgan fingerprint density at radius 2 is 1.66 bits per heavy atom. The van der Waals surface area contributed by atoms with E-state index in [2.05, 4.69) is 16.7 Å². The molecule has 1 fully saturated rings. The van der Waals surface area contributed by atoms with Crippen molar-refractivity contribution in [2.45, 2.75) is 45.1 Å². The van der Waals surface area contributed by atoms with Gasteiger partial charge in [0.25, 0.3) is 5.91 Å². The predicted molar refractivity (Wildman–Crippen MR) is 147 cm³/mol. The Kier molecular flexibility index (Phi) is 7.20. The summed E-state index contributed by atoms with van der Waals surface area (Å²) in [6.07, 6.45) is 1.34. The molecule has 0 bridgehead atoms. The van der Waals surface area contributed by atoms with Gasteiger partial charge in [0, 0.05) is 54.8 Å². The second kappa shape index (κ2) is 10.7. The summed E-state index contributed by atoms with van der Waals surface area (Å²) in [7, 11) is 0. The van der Waals surface area contributed by atoms with Crippen molar-refractivity contribution in [2.75, 3.05) is 18.5 Å². The molecule has 0 saturated carbocycles. The molecular weight excluding hydrogens is 480 g/mol. The van der Waals surface area contributed by atoms with Gasteiger partial charge < -0.3 is 24.9 Å². The highest BCUT2D eigenvalue weighted by Crippen LogP contribution is 2.36. The molecule has 0 spiro atoms. The lowest BCUT2D eigenvalue weighted by molar-refractivity contribution is -0.136. The summed E-state index contributed by atoms with van der Waals surface area (Å²) in [5, 5.41) is 16.9. The number of fused-ring (bicyclic) bond motifs is 1. The molecule has 0 aliphatic carbocycles. The summed E-state index contributed by atoms with van der Waals surface area (Å²) in [4.78, 5) is 25.2. The van der Waals surface area contributed by atoms with E-state index in [9.17, 15) is 14.7 Å². The number of anilines is 2. The van der Waals surface area contributed by atoms with Crippen molar-refractivity contribution in [1.82, 2.24) is 5.32 Å². The number of furan rings is 1. The topological polar surface area (TPSA) is 101 Å². The average molecular weight is 513 g/mol. The molecule has 1 saturated heterocycles. The number of ether oxygens (including phenoxy) is 1. The van der Waals surface area contributed by atoms with Gasteiger partial charge in [-0.25, -0.2) is 0 Å². The summed E-state index contributed by atoms with van der Waals surface area (Å²) < 4.78 is 11.9. The number of rotatable bonds is 8. The number of carboxylic acid groups (broad SMARTS) is 1. The third-order valence-corrected chi connectivity index (χ3v) is 7.07. The van der Waals surface area contributed by atoms with Crippen molar-refractivity contribution in [3.05, 3.63) is 94.7 Å². The van der Waals surface area contributed by atoms with Crippen LogP contribution in [0.3, 0.4) is 0 Å². The molecule has 5 rings (SSSR count). The first-order chi connectivity index (χ1) is 18.3. The normalized spacial score (nSPS) is 14.8. The number of aliphatic carboxylic acids is 1. The lowest BCUT2D eigenvalue weighted by Crippen LogP contribution is -2.49. The molecule has 0 atom stereocenters. The maximum atomic E-state index is 13.9. The van der Waals surface area contributed by atoms with Gasteiger partial charge in [0.2, 0.25) is 0 Å². The summed E-state index contributed by atoms with van der Waals surface area (Å²) in [5.74, 6) is -0.472.